The van der Waals surface area contributed by atoms with Crippen molar-refractivity contribution in [2.75, 3.05) is 13.1 Å². The molecular weight excluding hydrogens is 356 g/mol. The molecule has 1 saturated heterocycles. The number of piperidine rings is 1. The van der Waals surface area contributed by atoms with Crippen molar-refractivity contribution in [1.29, 1.82) is 0 Å². The quantitative estimate of drug-likeness (QED) is 0.837. The van der Waals surface area contributed by atoms with Crippen LogP contribution in [0.2, 0.25) is 5.02 Å². The minimum Gasteiger partial charge on any atom is -0.349 e. The van der Waals surface area contributed by atoms with Crippen molar-refractivity contribution in [3.05, 3.63) is 69.7 Å². The van der Waals surface area contributed by atoms with Gasteiger partial charge in [0.15, 0.2) is 0 Å². The molecule has 2 aromatic carbocycles. The van der Waals surface area contributed by atoms with E-state index >= 15 is 0 Å². The summed E-state index contributed by atoms with van der Waals surface area (Å²) in [5.74, 6) is 0.0829. The van der Waals surface area contributed by atoms with E-state index < -0.39 is 0 Å². The summed E-state index contributed by atoms with van der Waals surface area (Å²) >= 11 is 5.96. The molecule has 2 aliphatic rings. The predicted octanol–water partition coefficient (Wildman–Crippen LogP) is 4.61. The lowest BCUT2D eigenvalue weighted by molar-refractivity contribution is 0.0909. The van der Waals surface area contributed by atoms with Crippen LogP contribution < -0.4 is 5.32 Å². The van der Waals surface area contributed by atoms with Crippen LogP contribution in [0.25, 0.3) is 0 Å². The van der Waals surface area contributed by atoms with Crippen LogP contribution in [0.1, 0.15) is 52.7 Å². The molecule has 0 atom stereocenters. The first-order valence-electron chi connectivity index (χ1n) is 10.1. The second-order valence-electron chi connectivity index (χ2n) is 7.84. The number of carbonyl (C=O) groups excluding carboxylic acids is 1. The van der Waals surface area contributed by atoms with Gasteiger partial charge in [-0.05, 0) is 79.5 Å². The number of carbonyl (C=O) groups is 1. The number of hydrogen-bond donors (Lipinski definition) is 1. The zero-order valence-electron chi connectivity index (χ0n) is 15.7. The predicted molar refractivity (Wildman–Crippen MR) is 110 cm³/mol. The summed E-state index contributed by atoms with van der Waals surface area (Å²) in [4.78, 5) is 15.1. The van der Waals surface area contributed by atoms with Gasteiger partial charge in [0.25, 0.3) is 5.91 Å². The van der Waals surface area contributed by atoms with E-state index in [-0.39, 0.29) is 11.9 Å². The molecule has 0 unspecified atom stereocenters. The van der Waals surface area contributed by atoms with E-state index in [1.807, 2.05) is 18.2 Å². The van der Waals surface area contributed by atoms with E-state index in [2.05, 4.69) is 34.5 Å². The molecule has 0 radical (unpaired) electrons. The largest absolute Gasteiger partial charge is 0.349 e. The Balaban J connectivity index is 1.28. The zero-order chi connectivity index (χ0) is 18.6. The minimum atomic E-state index is 0.0829. The second kappa shape index (κ2) is 8.45. The molecule has 4 heteroatoms. The summed E-state index contributed by atoms with van der Waals surface area (Å²) in [6, 6.07) is 14.6. The number of aryl methyl sites for hydroxylation is 2. The van der Waals surface area contributed by atoms with Crippen LogP contribution in [-0.4, -0.2) is 29.9 Å². The second-order valence-corrected chi connectivity index (χ2v) is 8.28. The van der Waals surface area contributed by atoms with Crippen molar-refractivity contribution in [1.82, 2.24) is 10.2 Å². The molecule has 0 saturated carbocycles. The first-order chi connectivity index (χ1) is 13.2. The van der Waals surface area contributed by atoms with Crippen molar-refractivity contribution in [2.24, 2.45) is 0 Å². The SMILES string of the molecule is O=C(NC1CCN(Cc2ccc(Cl)cc2)CC1)c1ccc2c(c1)CCCC2. The molecular formula is C23H27ClN2O. The Morgan fingerprint density at radius 2 is 1.70 bits per heavy atom. The Morgan fingerprint density at radius 3 is 2.44 bits per heavy atom. The Hall–Kier alpha value is -1.84. The molecule has 27 heavy (non-hydrogen) atoms. The maximum Gasteiger partial charge on any atom is 0.251 e. The maximum atomic E-state index is 12.7. The third kappa shape index (κ3) is 4.72. The van der Waals surface area contributed by atoms with Gasteiger partial charge in [-0.2, -0.15) is 0 Å². The van der Waals surface area contributed by atoms with Crippen molar-refractivity contribution in [2.45, 2.75) is 51.1 Å². The number of halogens is 1. The first kappa shape index (κ1) is 18.5. The molecule has 1 aliphatic carbocycles. The van der Waals surface area contributed by atoms with Crippen LogP contribution in [0.15, 0.2) is 42.5 Å². The highest BCUT2D eigenvalue weighted by atomic mass is 35.5. The van der Waals surface area contributed by atoms with Crippen LogP contribution in [-0.2, 0) is 19.4 Å². The van der Waals surface area contributed by atoms with E-state index in [0.29, 0.717) is 0 Å². The summed E-state index contributed by atoms with van der Waals surface area (Å²) in [6.07, 6.45) is 6.79. The molecule has 1 N–H and O–H groups in total. The topological polar surface area (TPSA) is 32.3 Å². The van der Waals surface area contributed by atoms with Crippen molar-refractivity contribution < 1.29 is 4.79 Å². The normalized spacial score (nSPS) is 18.1. The third-order valence-corrected chi connectivity index (χ3v) is 6.10. The van der Waals surface area contributed by atoms with Gasteiger partial charge >= 0.3 is 0 Å². The summed E-state index contributed by atoms with van der Waals surface area (Å²) < 4.78 is 0. The molecule has 1 aliphatic heterocycles. The van der Waals surface area contributed by atoms with Gasteiger partial charge in [0.05, 0.1) is 0 Å². The molecule has 1 heterocycles. The highest BCUT2D eigenvalue weighted by Crippen LogP contribution is 2.22. The fourth-order valence-electron chi connectivity index (χ4n) is 4.23. The number of likely N-dealkylation sites (tertiary alicyclic amines) is 1. The average molecular weight is 383 g/mol. The van der Waals surface area contributed by atoms with E-state index in [4.69, 9.17) is 11.6 Å². The standard InChI is InChI=1S/C23H27ClN2O/c24-21-9-5-17(6-10-21)16-26-13-11-22(12-14-26)25-23(27)20-8-7-18-3-1-2-4-19(18)15-20/h5-10,15,22H,1-4,11-14,16H2,(H,25,27). The lowest BCUT2D eigenvalue weighted by Gasteiger charge is -2.32. The average Bonchev–Trinajstić information content (AvgIpc) is 2.71. The van der Waals surface area contributed by atoms with Gasteiger partial charge in [0, 0.05) is 36.3 Å². The summed E-state index contributed by atoms with van der Waals surface area (Å²) in [5, 5.41) is 4.03. The van der Waals surface area contributed by atoms with Gasteiger partial charge in [0.2, 0.25) is 0 Å². The van der Waals surface area contributed by atoms with Crippen molar-refractivity contribution in [3.8, 4) is 0 Å². The van der Waals surface area contributed by atoms with Gasteiger partial charge in [-0.15, -0.1) is 0 Å². The molecule has 2 aromatic rings. The van der Waals surface area contributed by atoms with Crippen LogP contribution in [0, 0.1) is 0 Å². The van der Waals surface area contributed by atoms with Gasteiger partial charge in [-0.1, -0.05) is 29.8 Å². The van der Waals surface area contributed by atoms with Crippen molar-refractivity contribution >= 4 is 17.5 Å². The van der Waals surface area contributed by atoms with Crippen LogP contribution in [0.5, 0.6) is 0 Å². The molecule has 3 nitrogen and oxygen atoms in total. The number of rotatable bonds is 4. The number of hydrogen-bond acceptors (Lipinski definition) is 2. The third-order valence-electron chi connectivity index (χ3n) is 5.85. The van der Waals surface area contributed by atoms with E-state index in [0.717, 1.165) is 55.9 Å². The summed E-state index contributed by atoms with van der Waals surface area (Å²) in [6.45, 7) is 2.97. The van der Waals surface area contributed by atoms with E-state index in [1.54, 1.807) is 0 Å². The van der Waals surface area contributed by atoms with E-state index in [9.17, 15) is 4.79 Å². The Labute approximate surface area is 166 Å². The molecule has 0 spiro atoms. The monoisotopic (exact) mass is 382 g/mol. The molecule has 1 fully saturated rings. The van der Waals surface area contributed by atoms with Crippen LogP contribution >= 0.6 is 11.6 Å². The van der Waals surface area contributed by atoms with Gasteiger partial charge in [0.1, 0.15) is 0 Å². The first-order valence-corrected chi connectivity index (χ1v) is 10.4. The number of amides is 1. The smallest absolute Gasteiger partial charge is 0.251 e. The van der Waals surface area contributed by atoms with Crippen LogP contribution in [0.4, 0.5) is 0 Å². The Kier molecular flexibility index (Phi) is 5.80. The molecule has 0 bridgehead atoms. The number of nitrogens with zero attached hydrogens (tertiary/aromatic N) is 1. The summed E-state index contributed by atoms with van der Waals surface area (Å²) in [7, 11) is 0. The Morgan fingerprint density at radius 1 is 1.00 bits per heavy atom. The van der Waals surface area contributed by atoms with Gasteiger partial charge in [-0.3, -0.25) is 9.69 Å². The maximum absolute atomic E-state index is 12.7. The number of benzene rings is 2. The number of fused-ring (bicyclic) bond motifs is 1. The van der Waals surface area contributed by atoms with Crippen LogP contribution in [0.3, 0.4) is 0 Å². The Bertz CT molecular complexity index is 795. The number of nitrogens with one attached hydrogen (secondary N) is 1. The van der Waals surface area contributed by atoms with Crippen molar-refractivity contribution in [3.63, 3.8) is 0 Å². The zero-order valence-corrected chi connectivity index (χ0v) is 16.5. The lowest BCUT2D eigenvalue weighted by Crippen LogP contribution is -2.44. The van der Waals surface area contributed by atoms with Gasteiger partial charge < -0.3 is 5.32 Å². The fraction of sp³-hybridized carbons (Fsp3) is 0.435. The fourth-order valence-corrected chi connectivity index (χ4v) is 4.35. The summed E-state index contributed by atoms with van der Waals surface area (Å²) in [5.41, 5.74) is 4.90. The highest BCUT2D eigenvalue weighted by Gasteiger charge is 2.22. The van der Waals surface area contributed by atoms with Gasteiger partial charge in [-0.25, -0.2) is 0 Å². The minimum absolute atomic E-state index is 0.0829. The molecule has 4 rings (SSSR count). The molecule has 0 aromatic heterocycles. The lowest BCUT2D eigenvalue weighted by atomic mass is 9.90. The molecule has 1 amide bonds. The molecule has 142 valence electrons. The van der Waals surface area contributed by atoms with E-state index in [1.165, 1.54) is 29.5 Å². The highest BCUT2D eigenvalue weighted by molar-refractivity contribution is 6.30.